The summed E-state index contributed by atoms with van der Waals surface area (Å²) in [6.07, 6.45) is -9.40. The summed E-state index contributed by atoms with van der Waals surface area (Å²) in [7, 11) is 0. The Kier molecular flexibility index (Phi) is 5.05. The van der Waals surface area contributed by atoms with E-state index < -0.39 is 29.2 Å². The van der Waals surface area contributed by atoms with Crippen LogP contribution >= 0.6 is 11.3 Å². The number of alkyl halides is 6. The van der Waals surface area contributed by atoms with Gasteiger partial charge in [-0.1, -0.05) is 30.3 Å². The number of benzene rings is 2. The topological polar surface area (TPSA) is 46.2 Å². The predicted octanol–water partition coefficient (Wildman–Crippen LogP) is 6.33. The fourth-order valence-corrected chi connectivity index (χ4v) is 3.87. The molecule has 0 bridgehead atoms. The highest BCUT2D eigenvalue weighted by molar-refractivity contribution is 7.17. The number of aromatic hydroxyl groups is 1. The molecule has 0 aliphatic rings. The van der Waals surface area contributed by atoms with Gasteiger partial charge in [0.2, 0.25) is 0 Å². The molecule has 0 aliphatic heterocycles. The third kappa shape index (κ3) is 3.94. The maximum Gasteiger partial charge on any atom is 0.416 e. The minimum absolute atomic E-state index is 0.0180. The van der Waals surface area contributed by atoms with E-state index in [1.807, 2.05) is 0 Å². The second-order valence-electron chi connectivity index (χ2n) is 6.02. The van der Waals surface area contributed by atoms with Gasteiger partial charge in [0.05, 0.1) is 26.6 Å². The van der Waals surface area contributed by atoms with Gasteiger partial charge in [0, 0.05) is 6.42 Å². The number of hydrogen-bond acceptors (Lipinski definition) is 3. The summed E-state index contributed by atoms with van der Waals surface area (Å²) in [5.74, 6) is -0.418. The molecule has 0 fully saturated rings. The molecule has 0 spiro atoms. The average Bonchev–Trinajstić information content (AvgIpc) is 2.87. The lowest BCUT2D eigenvalue weighted by Crippen LogP contribution is -2.09. The maximum atomic E-state index is 13.2. The van der Waals surface area contributed by atoms with Gasteiger partial charge in [-0.15, -0.1) is 11.3 Å². The molecule has 148 valence electrons. The van der Waals surface area contributed by atoms with E-state index in [1.165, 1.54) is 30.3 Å². The summed E-state index contributed by atoms with van der Waals surface area (Å²) < 4.78 is 78.3. The van der Waals surface area contributed by atoms with Crippen molar-refractivity contribution in [3.8, 4) is 16.9 Å². The summed E-state index contributed by atoms with van der Waals surface area (Å²) in [6.45, 7) is 0. The SMILES string of the molecule is Nc1sc(Cc2ccccc2C(F)(F)F)c(O)c1-c1cccc(C(F)(F)F)c1. The molecule has 28 heavy (non-hydrogen) atoms. The largest absolute Gasteiger partial charge is 0.506 e. The number of halogens is 6. The molecular weight excluding hydrogens is 404 g/mol. The van der Waals surface area contributed by atoms with Crippen LogP contribution in [-0.4, -0.2) is 5.11 Å². The molecule has 0 unspecified atom stereocenters. The molecule has 1 aromatic heterocycles. The maximum absolute atomic E-state index is 13.2. The molecule has 3 aromatic rings. The Labute approximate surface area is 159 Å². The molecule has 0 amide bonds. The van der Waals surface area contributed by atoms with Gasteiger partial charge in [0.1, 0.15) is 5.75 Å². The van der Waals surface area contributed by atoms with Gasteiger partial charge in [-0.2, -0.15) is 26.3 Å². The summed E-state index contributed by atoms with van der Waals surface area (Å²) in [4.78, 5) is 0.140. The zero-order chi connectivity index (χ0) is 20.7. The monoisotopic (exact) mass is 417 g/mol. The van der Waals surface area contributed by atoms with Crippen LogP contribution in [0, 0.1) is 0 Å². The molecule has 0 saturated heterocycles. The van der Waals surface area contributed by atoms with Gasteiger partial charge in [-0.05, 0) is 29.3 Å². The number of nitrogens with two attached hydrogens (primary N) is 1. The molecule has 0 atom stereocenters. The third-order valence-corrected chi connectivity index (χ3v) is 5.14. The van der Waals surface area contributed by atoms with E-state index in [9.17, 15) is 31.4 Å². The first-order valence-electron chi connectivity index (χ1n) is 7.91. The normalized spacial score (nSPS) is 12.4. The number of nitrogen functional groups attached to an aromatic ring is 1. The lowest BCUT2D eigenvalue weighted by atomic mass is 10.0. The first kappa shape index (κ1) is 20.1. The van der Waals surface area contributed by atoms with Crippen molar-refractivity contribution in [1.82, 2.24) is 0 Å². The number of anilines is 1. The first-order chi connectivity index (χ1) is 13.0. The Morgan fingerprint density at radius 3 is 2.21 bits per heavy atom. The zero-order valence-corrected chi connectivity index (χ0v) is 14.8. The summed E-state index contributed by atoms with van der Waals surface area (Å²) >= 11 is 0.843. The lowest BCUT2D eigenvalue weighted by Gasteiger charge is -2.12. The molecule has 2 aromatic carbocycles. The molecule has 3 N–H and O–H groups in total. The van der Waals surface area contributed by atoms with E-state index in [0.29, 0.717) is 0 Å². The molecular formula is C19H13F6NOS. The first-order valence-corrected chi connectivity index (χ1v) is 8.73. The summed E-state index contributed by atoms with van der Waals surface area (Å²) in [6, 6.07) is 9.14. The van der Waals surface area contributed by atoms with Crippen LogP contribution in [0.1, 0.15) is 21.6 Å². The Bertz CT molecular complexity index is 1010. The summed E-state index contributed by atoms with van der Waals surface area (Å²) in [5.41, 5.74) is 4.06. The van der Waals surface area contributed by atoms with E-state index >= 15 is 0 Å². The minimum atomic E-state index is -4.58. The molecule has 0 saturated carbocycles. The molecule has 1 heterocycles. The van der Waals surface area contributed by atoms with E-state index in [0.717, 1.165) is 29.5 Å². The van der Waals surface area contributed by atoms with Crippen LogP contribution in [0.4, 0.5) is 31.3 Å². The van der Waals surface area contributed by atoms with E-state index in [-0.39, 0.29) is 33.0 Å². The van der Waals surface area contributed by atoms with Crippen LogP contribution in [0.2, 0.25) is 0 Å². The smallest absolute Gasteiger partial charge is 0.416 e. The lowest BCUT2D eigenvalue weighted by molar-refractivity contribution is -0.138. The van der Waals surface area contributed by atoms with Crippen LogP contribution in [0.5, 0.6) is 5.75 Å². The Morgan fingerprint density at radius 1 is 0.893 bits per heavy atom. The van der Waals surface area contributed by atoms with Crippen molar-refractivity contribution < 1.29 is 31.4 Å². The van der Waals surface area contributed by atoms with Gasteiger partial charge in [-0.25, -0.2) is 0 Å². The highest BCUT2D eigenvalue weighted by atomic mass is 32.1. The quantitative estimate of drug-likeness (QED) is 0.489. The van der Waals surface area contributed by atoms with E-state index in [1.54, 1.807) is 0 Å². The molecule has 0 aliphatic carbocycles. The minimum Gasteiger partial charge on any atom is -0.506 e. The highest BCUT2D eigenvalue weighted by Crippen LogP contribution is 2.46. The second kappa shape index (κ2) is 7.05. The van der Waals surface area contributed by atoms with Crippen molar-refractivity contribution in [3.05, 3.63) is 70.1 Å². The number of hydrogen-bond donors (Lipinski definition) is 2. The van der Waals surface area contributed by atoms with Crippen LogP contribution < -0.4 is 5.73 Å². The highest BCUT2D eigenvalue weighted by Gasteiger charge is 2.34. The van der Waals surface area contributed by atoms with Gasteiger partial charge >= 0.3 is 12.4 Å². The molecule has 3 rings (SSSR count). The van der Waals surface area contributed by atoms with Crippen molar-refractivity contribution in [2.24, 2.45) is 0 Å². The van der Waals surface area contributed by atoms with Crippen molar-refractivity contribution in [1.29, 1.82) is 0 Å². The van der Waals surface area contributed by atoms with E-state index in [4.69, 9.17) is 5.73 Å². The standard InChI is InChI=1S/C19H13F6NOS/c20-18(21,22)12-6-3-5-11(8-12)15-16(27)14(28-17(15)26)9-10-4-1-2-7-13(10)19(23,24)25/h1-8,27H,9,26H2. The molecule has 2 nitrogen and oxygen atoms in total. The van der Waals surface area contributed by atoms with Crippen LogP contribution in [0.25, 0.3) is 11.1 Å². The fraction of sp³-hybridized carbons (Fsp3) is 0.158. The molecule has 0 radical (unpaired) electrons. The Hall–Kier alpha value is -2.68. The number of rotatable bonds is 3. The van der Waals surface area contributed by atoms with Crippen LogP contribution in [0.15, 0.2) is 48.5 Å². The zero-order valence-electron chi connectivity index (χ0n) is 14.0. The predicted molar refractivity (Wildman–Crippen MR) is 95.1 cm³/mol. The molecule has 9 heteroatoms. The van der Waals surface area contributed by atoms with Gasteiger partial charge < -0.3 is 10.8 Å². The van der Waals surface area contributed by atoms with Crippen molar-refractivity contribution in [3.63, 3.8) is 0 Å². The third-order valence-electron chi connectivity index (χ3n) is 4.13. The van der Waals surface area contributed by atoms with Crippen LogP contribution in [-0.2, 0) is 18.8 Å². The van der Waals surface area contributed by atoms with Crippen LogP contribution in [0.3, 0.4) is 0 Å². The van der Waals surface area contributed by atoms with Gasteiger partial charge in [0.25, 0.3) is 0 Å². The van der Waals surface area contributed by atoms with Crippen molar-refractivity contribution >= 4 is 16.3 Å². The fourth-order valence-electron chi connectivity index (χ4n) is 2.86. The Morgan fingerprint density at radius 2 is 1.57 bits per heavy atom. The summed E-state index contributed by atoms with van der Waals surface area (Å²) in [5, 5.41) is 10.5. The van der Waals surface area contributed by atoms with Crippen molar-refractivity contribution in [2.75, 3.05) is 5.73 Å². The van der Waals surface area contributed by atoms with Gasteiger partial charge in [-0.3, -0.25) is 0 Å². The van der Waals surface area contributed by atoms with E-state index in [2.05, 4.69) is 0 Å². The van der Waals surface area contributed by atoms with Gasteiger partial charge in [0.15, 0.2) is 0 Å². The second-order valence-corrected chi connectivity index (χ2v) is 7.16. The number of thiophene rings is 1. The average molecular weight is 417 g/mol. The van der Waals surface area contributed by atoms with Crippen molar-refractivity contribution in [2.45, 2.75) is 18.8 Å². The Balaban J connectivity index is 2.03.